The first-order chi connectivity index (χ1) is 12.6. The Hall–Kier alpha value is -3.03. The number of nitrogens with zero attached hydrogens (tertiary/aromatic N) is 6. The van der Waals surface area contributed by atoms with Crippen molar-refractivity contribution in [3.05, 3.63) is 47.8 Å². The van der Waals surface area contributed by atoms with Crippen LogP contribution in [0.25, 0.3) is 5.65 Å². The van der Waals surface area contributed by atoms with Gasteiger partial charge in [0.25, 0.3) is 5.91 Å². The van der Waals surface area contributed by atoms with Crippen molar-refractivity contribution in [2.24, 2.45) is 0 Å². The van der Waals surface area contributed by atoms with Gasteiger partial charge in [0.05, 0.1) is 5.69 Å². The monoisotopic (exact) mass is 351 g/mol. The van der Waals surface area contributed by atoms with Crippen LogP contribution in [0.3, 0.4) is 0 Å². The van der Waals surface area contributed by atoms with E-state index in [1.54, 1.807) is 12.3 Å². The van der Waals surface area contributed by atoms with E-state index in [0.717, 1.165) is 48.8 Å². The molecule has 3 aromatic heterocycles. The average Bonchev–Trinajstić information content (AvgIpc) is 3.02. The fraction of sp³-hybridized carbons (Fsp3) is 0.389. The van der Waals surface area contributed by atoms with E-state index in [1.165, 1.54) is 6.33 Å². The summed E-state index contributed by atoms with van der Waals surface area (Å²) in [5.41, 5.74) is 3.21. The van der Waals surface area contributed by atoms with Crippen molar-refractivity contribution < 1.29 is 4.79 Å². The SMILES string of the molecule is Cc1cc(N2CCC(NC(=O)c3ccncn3)CC2)n2nc(C)cc2n1. The summed E-state index contributed by atoms with van der Waals surface area (Å²) in [7, 11) is 0. The van der Waals surface area contributed by atoms with Crippen LogP contribution in [-0.2, 0) is 0 Å². The van der Waals surface area contributed by atoms with E-state index in [4.69, 9.17) is 0 Å². The number of hydrogen-bond acceptors (Lipinski definition) is 6. The number of carbonyl (C=O) groups is 1. The number of amides is 1. The number of anilines is 1. The fourth-order valence-electron chi connectivity index (χ4n) is 3.36. The summed E-state index contributed by atoms with van der Waals surface area (Å²) in [6.45, 7) is 5.68. The van der Waals surface area contributed by atoms with Gasteiger partial charge in [0.15, 0.2) is 5.65 Å². The van der Waals surface area contributed by atoms with E-state index in [-0.39, 0.29) is 11.9 Å². The summed E-state index contributed by atoms with van der Waals surface area (Å²) in [6, 6.07) is 5.83. The molecule has 0 aliphatic carbocycles. The first-order valence-electron chi connectivity index (χ1n) is 8.76. The predicted molar refractivity (Wildman–Crippen MR) is 97.2 cm³/mol. The Bertz CT molecular complexity index is 929. The molecule has 3 aromatic rings. The first kappa shape index (κ1) is 16.4. The van der Waals surface area contributed by atoms with Gasteiger partial charge in [-0.3, -0.25) is 4.79 Å². The zero-order chi connectivity index (χ0) is 18.1. The molecule has 0 atom stereocenters. The maximum absolute atomic E-state index is 12.2. The molecule has 0 unspecified atom stereocenters. The van der Waals surface area contributed by atoms with E-state index >= 15 is 0 Å². The van der Waals surface area contributed by atoms with Crippen molar-refractivity contribution in [2.75, 3.05) is 18.0 Å². The van der Waals surface area contributed by atoms with Crippen molar-refractivity contribution >= 4 is 17.4 Å². The molecular weight excluding hydrogens is 330 g/mol. The second-order valence-electron chi connectivity index (χ2n) is 6.64. The molecule has 0 bridgehead atoms. The number of carbonyl (C=O) groups excluding carboxylic acids is 1. The van der Waals surface area contributed by atoms with Gasteiger partial charge in [-0.15, -0.1) is 0 Å². The molecule has 134 valence electrons. The summed E-state index contributed by atoms with van der Waals surface area (Å²) in [4.78, 5) is 26.9. The minimum Gasteiger partial charge on any atom is -0.356 e. The predicted octanol–water partition coefficient (Wildman–Crippen LogP) is 1.53. The quantitative estimate of drug-likeness (QED) is 0.770. The van der Waals surface area contributed by atoms with E-state index in [0.29, 0.717) is 5.69 Å². The molecule has 1 aliphatic heterocycles. The Morgan fingerprint density at radius 3 is 2.73 bits per heavy atom. The highest BCUT2D eigenvalue weighted by atomic mass is 16.1. The Morgan fingerprint density at radius 2 is 2.00 bits per heavy atom. The minimum absolute atomic E-state index is 0.143. The van der Waals surface area contributed by atoms with Crippen LogP contribution in [-0.4, -0.2) is 49.6 Å². The summed E-state index contributed by atoms with van der Waals surface area (Å²) in [5.74, 6) is 0.914. The smallest absolute Gasteiger partial charge is 0.270 e. The van der Waals surface area contributed by atoms with Gasteiger partial charge in [-0.1, -0.05) is 0 Å². The van der Waals surface area contributed by atoms with Gasteiger partial charge in [0.1, 0.15) is 17.8 Å². The summed E-state index contributed by atoms with van der Waals surface area (Å²) < 4.78 is 1.90. The molecule has 1 aliphatic rings. The number of hydrogen-bond donors (Lipinski definition) is 1. The lowest BCUT2D eigenvalue weighted by molar-refractivity contribution is 0.0926. The highest BCUT2D eigenvalue weighted by Crippen LogP contribution is 2.22. The molecule has 8 nitrogen and oxygen atoms in total. The number of aromatic nitrogens is 5. The molecular formula is C18H21N7O. The van der Waals surface area contributed by atoms with Crippen LogP contribution in [0, 0.1) is 13.8 Å². The topological polar surface area (TPSA) is 88.3 Å². The van der Waals surface area contributed by atoms with Crippen LogP contribution in [0.5, 0.6) is 0 Å². The van der Waals surface area contributed by atoms with Crippen LogP contribution in [0.15, 0.2) is 30.7 Å². The highest BCUT2D eigenvalue weighted by Gasteiger charge is 2.23. The second kappa shape index (κ2) is 6.70. The molecule has 1 saturated heterocycles. The van der Waals surface area contributed by atoms with Crippen molar-refractivity contribution in [1.82, 2.24) is 29.9 Å². The summed E-state index contributed by atoms with van der Waals surface area (Å²) in [6.07, 6.45) is 4.72. The lowest BCUT2D eigenvalue weighted by Gasteiger charge is -2.33. The van der Waals surface area contributed by atoms with Gasteiger partial charge in [0, 0.05) is 43.2 Å². The molecule has 1 N–H and O–H groups in total. The Morgan fingerprint density at radius 1 is 1.19 bits per heavy atom. The molecule has 4 rings (SSSR count). The second-order valence-corrected chi connectivity index (χ2v) is 6.64. The van der Waals surface area contributed by atoms with Crippen LogP contribution in [0.1, 0.15) is 34.7 Å². The van der Waals surface area contributed by atoms with Crippen LogP contribution >= 0.6 is 0 Å². The largest absolute Gasteiger partial charge is 0.356 e. The van der Waals surface area contributed by atoms with Crippen molar-refractivity contribution in [3.63, 3.8) is 0 Å². The van der Waals surface area contributed by atoms with Gasteiger partial charge < -0.3 is 10.2 Å². The van der Waals surface area contributed by atoms with Crippen molar-refractivity contribution in [3.8, 4) is 0 Å². The third-order valence-electron chi connectivity index (χ3n) is 4.63. The standard InChI is InChI=1S/C18H21N7O/c1-12-10-17(25-16(21-12)9-13(2)23-25)24-7-4-14(5-8-24)22-18(26)15-3-6-19-11-20-15/h3,6,9-11,14H,4-5,7-8H2,1-2H3,(H,22,26). The molecule has 1 fully saturated rings. The Balaban J connectivity index is 1.45. The third-order valence-corrected chi connectivity index (χ3v) is 4.63. The van der Waals surface area contributed by atoms with Crippen molar-refractivity contribution in [2.45, 2.75) is 32.7 Å². The normalized spacial score (nSPS) is 15.4. The number of rotatable bonds is 3. The van der Waals surface area contributed by atoms with Gasteiger partial charge >= 0.3 is 0 Å². The van der Waals surface area contributed by atoms with Crippen LogP contribution in [0.2, 0.25) is 0 Å². The molecule has 0 aromatic carbocycles. The molecule has 26 heavy (non-hydrogen) atoms. The summed E-state index contributed by atoms with van der Waals surface area (Å²) in [5, 5.41) is 7.63. The van der Waals surface area contributed by atoms with Gasteiger partial charge in [-0.05, 0) is 32.8 Å². The van der Waals surface area contributed by atoms with E-state index < -0.39 is 0 Å². The zero-order valence-corrected chi connectivity index (χ0v) is 14.9. The Kier molecular flexibility index (Phi) is 4.24. The first-order valence-corrected chi connectivity index (χ1v) is 8.76. The zero-order valence-electron chi connectivity index (χ0n) is 14.9. The molecule has 0 radical (unpaired) electrons. The number of piperidine rings is 1. The maximum Gasteiger partial charge on any atom is 0.270 e. The van der Waals surface area contributed by atoms with Gasteiger partial charge in [0.2, 0.25) is 0 Å². The highest BCUT2D eigenvalue weighted by molar-refractivity contribution is 5.92. The van der Waals surface area contributed by atoms with E-state index in [1.807, 2.05) is 24.4 Å². The van der Waals surface area contributed by atoms with Crippen LogP contribution < -0.4 is 10.2 Å². The van der Waals surface area contributed by atoms with Crippen LogP contribution in [0.4, 0.5) is 5.82 Å². The van der Waals surface area contributed by atoms with E-state index in [9.17, 15) is 4.79 Å². The minimum atomic E-state index is -0.143. The number of fused-ring (bicyclic) bond motifs is 1. The number of nitrogens with one attached hydrogen (secondary N) is 1. The lowest BCUT2D eigenvalue weighted by atomic mass is 10.0. The third kappa shape index (κ3) is 3.22. The van der Waals surface area contributed by atoms with E-state index in [2.05, 4.69) is 36.3 Å². The fourth-order valence-corrected chi connectivity index (χ4v) is 3.36. The molecule has 0 saturated carbocycles. The van der Waals surface area contributed by atoms with Crippen molar-refractivity contribution in [1.29, 1.82) is 0 Å². The molecule has 4 heterocycles. The summed E-state index contributed by atoms with van der Waals surface area (Å²) >= 11 is 0. The van der Waals surface area contributed by atoms with Gasteiger partial charge in [-0.25, -0.2) is 15.0 Å². The average molecular weight is 351 g/mol. The molecule has 8 heteroatoms. The Labute approximate surface area is 151 Å². The molecule has 0 spiro atoms. The molecule has 1 amide bonds. The maximum atomic E-state index is 12.2. The van der Waals surface area contributed by atoms with Gasteiger partial charge in [-0.2, -0.15) is 9.61 Å². The number of aryl methyl sites for hydroxylation is 2. The lowest BCUT2D eigenvalue weighted by Crippen LogP contribution is -2.45.